The van der Waals surface area contributed by atoms with Crippen molar-refractivity contribution in [3.63, 3.8) is 0 Å². The highest BCUT2D eigenvalue weighted by Gasteiger charge is 2.21. The largest absolute Gasteiger partial charge is 0.496 e. The number of methoxy groups -OCH3 is 2. The summed E-state index contributed by atoms with van der Waals surface area (Å²) in [5.74, 6) is 0.861. The lowest BCUT2D eigenvalue weighted by molar-refractivity contribution is 0.0846. The molecule has 0 spiro atoms. The molecule has 8 heteroatoms. The minimum Gasteiger partial charge on any atom is -0.496 e. The molecule has 0 atom stereocenters. The van der Waals surface area contributed by atoms with E-state index in [1.54, 1.807) is 30.6 Å². The van der Waals surface area contributed by atoms with Crippen LogP contribution in [0.4, 0.5) is 5.69 Å². The van der Waals surface area contributed by atoms with E-state index in [1.165, 1.54) is 14.2 Å². The maximum atomic E-state index is 12.9. The van der Waals surface area contributed by atoms with E-state index in [1.807, 2.05) is 10.6 Å². The van der Waals surface area contributed by atoms with Gasteiger partial charge in [0.1, 0.15) is 17.1 Å². The lowest BCUT2D eigenvalue weighted by Gasteiger charge is -2.19. The van der Waals surface area contributed by atoms with Crippen LogP contribution in [0, 0.1) is 0 Å². The van der Waals surface area contributed by atoms with Gasteiger partial charge < -0.3 is 23.9 Å². The van der Waals surface area contributed by atoms with Crippen molar-refractivity contribution in [2.45, 2.75) is 18.8 Å². The highest BCUT2D eigenvalue weighted by molar-refractivity contribution is 6.06. The van der Waals surface area contributed by atoms with Crippen LogP contribution < -0.4 is 14.8 Å². The van der Waals surface area contributed by atoms with Gasteiger partial charge in [-0.05, 0) is 25.0 Å². The molecule has 28 heavy (non-hydrogen) atoms. The third kappa shape index (κ3) is 3.50. The van der Waals surface area contributed by atoms with E-state index in [-0.39, 0.29) is 5.91 Å². The molecule has 0 aliphatic carbocycles. The third-order valence-electron chi connectivity index (χ3n) is 4.89. The zero-order valence-electron chi connectivity index (χ0n) is 15.8. The zero-order valence-corrected chi connectivity index (χ0v) is 15.8. The Hall–Kier alpha value is -3.13. The van der Waals surface area contributed by atoms with Crippen LogP contribution in [0.2, 0.25) is 0 Å². The van der Waals surface area contributed by atoms with E-state index in [0.717, 1.165) is 37.4 Å². The number of nitrogens with one attached hydrogen (secondary N) is 1. The molecule has 1 N–H and O–H groups in total. The van der Waals surface area contributed by atoms with Crippen molar-refractivity contribution >= 4 is 17.2 Å². The zero-order chi connectivity index (χ0) is 19.5. The van der Waals surface area contributed by atoms with Gasteiger partial charge in [-0.3, -0.25) is 4.79 Å². The summed E-state index contributed by atoms with van der Waals surface area (Å²) in [6, 6.07) is 5.24. The van der Waals surface area contributed by atoms with E-state index in [4.69, 9.17) is 19.2 Å². The summed E-state index contributed by atoms with van der Waals surface area (Å²) < 4.78 is 17.9. The van der Waals surface area contributed by atoms with Gasteiger partial charge in [-0.2, -0.15) is 0 Å². The van der Waals surface area contributed by atoms with Crippen LogP contribution in [-0.4, -0.2) is 47.7 Å². The average Bonchev–Trinajstić information content (AvgIpc) is 3.17. The van der Waals surface area contributed by atoms with Gasteiger partial charge in [-0.1, -0.05) is 0 Å². The van der Waals surface area contributed by atoms with Gasteiger partial charge in [0.2, 0.25) is 5.88 Å². The molecular weight excluding hydrogens is 360 g/mol. The van der Waals surface area contributed by atoms with Crippen LogP contribution in [0.15, 0.2) is 36.8 Å². The number of aromatic nitrogens is 3. The summed E-state index contributed by atoms with van der Waals surface area (Å²) in [6.07, 6.45) is 7.23. The maximum absolute atomic E-state index is 12.9. The number of imidazole rings is 1. The highest BCUT2D eigenvalue weighted by atomic mass is 16.5. The van der Waals surface area contributed by atoms with Gasteiger partial charge in [0.05, 0.1) is 25.5 Å². The second-order valence-electron chi connectivity index (χ2n) is 6.59. The van der Waals surface area contributed by atoms with E-state index in [0.29, 0.717) is 28.8 Å². The molecule has 1 saturated heterocycles. The number of carbonyl (C=O) groups excluding carboxylic acids is 1. The summed E-state index contributed by atoms with van der Waals surface area (Å²) in [5.41, 5.74) is 2.65. The Morgan fingerprint density at radius 1 is 1.25 bits per heavy atom. The number of hydrogen-bond acceptors (Lipinski definition) is 6. The number of pyridine rings is 2. The van der Waals surface area contributed by atoms with Gasteiger partial charge in [0, 0.05) is 43.8 Å². The summed E-state index contributed by atoms with van der Waals surface area (Å²) in [4.78, 5) is 21.7. The minimum absolute atomic E-state index is 0.314. The van der Waals surface area contributed by atoms with E-state index in [9.17, 15) is 4.79 Å². The standard InChI is InChI=1S/C20H22N4O4/c1-26-17-10-18-22-16(13-5-8-28-9-6-13)12-24(18)11-14(17)19(25)23-15-4-3-7-21-20(15)27-2/h3-4,7,10-13H,5-6,8-9H2,1-2H3,(H,23,25). The van der Waals surface area contributed by atoms with Gasteiger partial charge >= 0.3 is 0 Å². The monoisotopic (exact) mass is 382 g/mol. The molecule has 3 aromatic heterocycles. The Morgan fingerprint density at radius 2 is 2.07 bits per heavy atom. The fourth-order valence-corrected chi connectivity index (χ4v) is 3.40. The first-order valence-corrected chi connectivity index (χ1v) is 9.14. The molecule has 0 saturated carbocycles. The van der Waals surface area contributed by atoms with Gasteiger partial charge in [-0.25, -0.2) is 9.97 Å². The van der Waals surface area contributed by atoms with Crippen LogP contribution in [0.1, 0.15) is 34.8 Å². The number of anilines is 1. The average molecular weight is 382 g/mol. The molecule has 0 bridgehead atoms. The number of hydrogen-bond donors (Lipinski definition) is 1. The summed E-state index contributed by atoms with van der Waals surface area (Å²) >= 11 is 0. The molecule has 8 nitrogen and oxygen atoms in total. The molecule has 3 aromatic rings. The van der Waals surface area contributed by atoms with Crippen molar-refractivity contribution in [2.24, 2.45) is 0 Å². The smallest absolute Gasteiger partial charge is 0.261 e. The summed E-state index contributed by atoms with van der Waals surface area (Å²) in [5, 5.41) is 2.83. The molecule has 146 valence electrons. The van der Waals surface area contributed by atoms with Crippen LogP contribution in [0.3, 0.4) is 0 Å². The number of amides is 1. The second-order valence-corrected chi connectivity index (χ2v) is 6.59. The first-order valence-electron chi connectivity index (χ1n) is 9.14. The molecular formula is C20H22N4O4. The Morgan fingerprint density at radius 3 is 2.82 bits per heavy atom. The summed E-state index contributed by atoms with van der Waals surface area (Å²) in [6.45, 7) is 1.50. The molecule has 1 amide bonds. The van der Waals surface area contributed by atoms with Crippen LogP contribution >= 0.6 is 0 Å². The van der Waals surface area contributed by atoms with E-state index < -0.39 is 0 Å². The van der Waals surface area contributed by atoms with Crippen LogP contribution in [0.5, 0.6) is 11.6 Å². The molecule has 1 fully saturated rings. The lowest BCUT2D eigenvalue weighted by Crippen LogP contribution is -2.15. The number of carbonyl (C=O) groups is 1. The first kappa shape index (κ1) is 18.2. The van der Waals surface area contributed by atoms with Crippen molar-refractivity contribution in [1.29, 1.82) is 0 Å². The van der Waals surface area contributed by atoms with Crippen molar-refractivity contribution in [3.8, 4) is 11.6 Å². The second kappa shape index (κ2) is 7.85. The van der Waals surface area contributed by atoms with Crippen LogP contribution in [0.25, 0.3) is 5.65 Å². The number of ether oxygens (including phenoxy) is 3. The third-order valence-corrected chi connectivity index (χ3v) is 4.89. The van der Waals surface area contributed by atoms with Gasteiger partial charge in [0.15, 0.2) is 0 Å². The van der Waals surface area contributed by atoms with Crippen molar-refractivity contribution in [3.05, 3.63) is 48.0 Å². The Bertz CT molecular complexity index is 995. The molecule has 0 unspecified atom stereocenters. The van der Waals surface area contributed by atoms with Crippen molar-refractivity contribution in [1.82, 2.24) is 14.4 Å². The Kier molecular flexibility index (Phi) is 5.12. The molecule has 0 radical (unpaired) electrons. The van der Waals surface area contributed by atoms with Crippen molar-refractivity contribution in [2.75, 3.05) is 32.8 Å². The molecule has 4 rings (SSSR count). The molecule has 0 aromatic carbocycles. The summed E-state index contributed by atoms with van der Waals surface area (Å²) in [7, 11) is 3.05. The quantitative estimate of drug-likeness (QED) is 0.730. The van der Waals surface area contributed by atoms with Gasteiger partial charge in [-0.15, -0.1) is 0 Å². The predicted molar refractivity (Wildman–Crippen MR) is 103 cm³/mol. The Labute approximate surface area is 162 Å². The predicted octanol–water partition coefficient (Wildman–Crippen LogP) is 2.89. The van der Waals surface area contributed by atoms with E-state index >= 15 is 0 Å². The number of nitrogens with zero attached hydrogens (tertiary/aromatic N) is 3. The van der Waals surface area contributed by atoms with E-state index in [2.05, 4.69) is 10.3 Å². The minimum atomic E-state index is -0.314. The fraction of sp³-hybridized carbons (Fsp3) is 0.350. The normalized spacial score (nSPS) is 14.8. The maximum Gasteiger partial charge on any atom is 0.261 e. The topological polar surface area (TPSA) is 87.0 Å². The van der Waals surface area contributed by atoms with Gasteiger partial charge in [0.25, 0.3) is 5.91 Å². The van der Waals surface area contributed by atoms with Crippen LogP contribution in [-0.2, 0) is 4.74 Å². The highest BCUT2D eigenvalue weighted by Crippen LogP contribution is 2.29. The Balaban J connectivity index is 1.66. The molecule has 1 aliphatic rings. The molecule has 4 heterocycles. The molecule has 1 aliphatic heterocycles. The number of rotatable bonds is 5. The fourth-order valence-electron chi connectivity index (χ4n) is 3.40. The number of fused-ring (bicyclic) bond motifs is 1. The lowest BCUT2D eigenvalue weighted by atomic mass is 9.97. The first-order chi connectivity index (χ1) is 13.7. The van der Waals surface area contributed by atoms with Crippen molar-refractivity contribution < 1.29 is 19.0 Å². The SMILES string of the molecule is COc1cc2nc(C3CCOCC3)cn2cc1C(=O)Nc1cccnc1OC.